The lowest BCUT2D eigenvalue weighted by Gasteiger charge is -2.17. The Kier molecular flexibility index (Phi) is 4.88. The van der Waals surface area contributed by atoms with Crippen LogP contribution in [0, 0.1) is 18.8 Å². The van der Waals surface area contributed by atoms with Crippen LogP contribution in [-0.4, -0.2) is 14.2 Å². The largest absolute Gasteiger partial charge is 0.496 e. The summed E-state index contributed by atoms with van der Waals surface area (Å²) in [5, 5.41) is 3.26. The molecule has 0 saturated carbocycles. The van der Waals surface area contributed by atoms with Crippen molar-refractivity contribution < 1.29 is 4.74 Å². The van der Waals surface area contributed by atoms with Gasteiger partial charge in [-0.1, -0.05) is 12.1 Å². The molecule has 0 fully saturated rings. The van der Waals surface area contributed by atoms with E-state index in [1.54, 1.807) is 7.11 Å². The van der Waals surface area contributed by atoms with Crippen molar-refractivity contribution >= 4 is 0 Å². The molecule has 16 heavy (non-hydrogen) atoms. The fourth-order valence-electron chi connectivity index (χ4n) is 1.68. The lowest BCUT2D eigenvalue weighted by molar-refractivity contribution is 0.402. The monoisotopic (exact) mass is 217 g/mol. The molecule has 86 valence electrons. The van der Waals surface area contributed by atoms with Crippen LogP contribution in [0.1, 0.15) is 30.5 Å². The van der Waals surface area contributed by atoms with E-state index in [1.807, 2.05) is 14.0 Å². The van der Waals surface area contributed by atoms with Crippen molar-refractivity contribution in [2.24, 2.45) is 0 Å². The van der Waals surface area contributed by atoms with Gasteiger partial charge in [-0.3, -0.25) is 0 Å². The van der Waals surface area contributed by atoms with E-state index in [0.29, 0.717) is 0 Å². The van der Waals surface area contributed by atoms with Crippen molar-refractivity contribution in [3.05, 3.63) is 29.3 Å². The van der Waals surface area contributed by atoms with E-state index < -0.39 is 0 Å². The Balaban J connectivity index is 3.02. The standard InChI is InChI=1S/C14H19NO/c1-5-6-7-13(15-3)12-9-8-11(2)10-14(12)16-4/h8-10,13,15H,7H2,1-4H3. The summed E-state index contributed by atoms with van der Waals surface area (Å²) in [6.45, 7) is 3.92. The van der Waals surface area contributed by atoms with Crippen LogP contribution in [-0.2, 0) is 0 Å². The van der Waals surface area contributed by atoms with Crippen molar-refractivity contribution in [3.8, 4) is 17.6 Å². The molecule has 2 nitrogen and oxygen atoms in total. The van der Waals surface area contributed by atoms with Gasteiger partial charge in [-0.15, -0.1) is 11.8 Å². The van der Waals surface area contributed by atoms with E-state index in [4.69, 9.17) is 4.74 Å². The summed E-state index contributed by atoms with van der Waals surface area (Å²) in [7, 11) is 3.65. The number of nitrogens with one attached hydrogen (secondary N) is 1. The molecule has 0 bridgehead atoms. The van der Waals surface area contributed by atoms with E-state index in [-0.39, 0.29) is 6.04 Å². The second-order valence-corrected chi connectivity index (χ2v) is 3.72. The summed E-state index contributed by atoms with van der Waals surface area (Å²) in [5.41, 5.74) is 2.37. The van der Waals surface area contributed by atoms with Gasteiger partial charge in [0.15, 0.2) is 0 Å². The van der Waals surface area contributed by atoms with Gasteiger partial charge >= 0.3 is 0 Å². The summed E-state index contributed by atoms with van der Waals surface area (Å²) in [5.74, 6) is 6.94. The average Bonchev–Trinajstić information content (AvgIpc) is 2.31. The molecule has 0 aromatic heterocycles. The molecule has 0 amide bonds. The lowest BCUT2D eigenvalue weighted by Crippen LogP contribution is -2.16. The number of methoxy groups -OCH3 is 1. The van der Waals surface area contributed by atoms with Crippen molar-refractivity contribution in [2.75, 3.05) is 14.2 Å². The van der Waals surface area contributed by atoms with Gasteiger partial charge in [0.05, 0.1) is 7.11 Å². The van der Waals surface area contributed by atoms with Crippen LogP contribution in [0.25, 0.3) is 0 Å². The highest BCUT2D eigenvalue weighted by molar-refractivity contribution is 5.39. The maximum absolute atomic E-state index is 5.40. The number of ether oxygens (including phenoxy) is 1. The highest BCUT2D eigenvalue weighted by Gasteiger charge is 2.12. The minimum atomic E-state index is 0.225. The molecule has 0 heterocycles. The van der Waals surface area contributed by atoms with Crippen molar-refractivity contribution in [3.63, 3.8) is 0 Å². The average molecular weight is 217 g/mol. The maximum Gasteiger partial charge on any atom is 0.123 e. The Morgan fingerprint density at radius 1 is 1.44 bits per heavy atom. The van der Waals surface area contributed by atoms with Gasteiger partial charge in [0.25, 0.3) is 0 Å². The third-order valence-electron chi connectivity index (χ3n) is 2.60. The second-order valence-electron chi connectivity index (χ2n) is 3.72. The first kappa shape index (κ1) is 12.6. The summed E-state index contributed by atoms with van der Waals surface area (Å²) in [6, 6.07) is 6.48. The molecular weight excluding hydrogens is 198 g/mol. The smallest absolute Gasteiger partial charge is 0.123 e. The molecule has 1 rings (SSSR count). The molecule has 1 aromatic carbocycles. The minimum Gasteiger partial charge on any atom is -0.496 e. The molecule has 0 radical (unpaired) electrons. The van der Waals surface area contributed by atoms with Gasteiger partial charge in [-0.25, -0.2) is 0 Å². The number of rotatable bonds is 4. The highest BCUT2D eigenvalue weighted by Crippen LogP contribution is 2.27. The molecule has 1 atom stereocenters. The Labute approximate surface area is 98.0 Å². The van der Waals surface area contributed by atoms with Gasteiger partial charge in [0.2, 0.25) is 0 Å². The topological polar surface area (TPSA) is 21.3 Å². The van der Waals surface area contributed by atoms with Crippen LogP contribution in [0.3, 0.4) is 0 Å². The van der Waals surface area contributed by atoms with Crippen LogP contribution < -0.4 is 10.1 Å². The molecule has 0 aliphatic heterocycles. The Hall–Kier alpha value is -1.46. The van der Waals surface area contributed by atoms with Crippen molar-refractivity contribution in [1.29, 1.82) is 0 Å². The molecule has 2 heteroatoms. The fraction of sp³-hybridized carbons (Fsp3) is 0.429. The van der Waals surface area contributed by atoms with Gasteiger partial charge in [0.1, 0.15) is 5.75 Å². The van der Waals surface area contributed by atoms with E-state index in [9.17, 15) is 0 Å². The summed E-state index contributed by atoms with van der Waals surface area (Å²) in [4.78, 5) is 0. The lowest BCUT2D eigenvalue weighted by atomic mass is 10.0. The zero-order valence-corrected chi connectivity index (χ0v) is 10.4. The summed E-state index contributed by atoms with van der Waals surface area (Å²) < 4.78 is 5.40. The maximum atomic E-state index is 5.40. The number of benzene rings is 1. The highest BCUT2D eigenvalue weighted by atomic mass is 16.5. The van der Waals surface area contributed by atoms with Crippen LogP contribution in [0.15, 0.2) is 18.2 Å². The van der Waals surface area contributed by atoms with E-state index in [2.05, 4.69) is 42.3 Å². The summed E-state index contributed by atoms with van der Waals surface area (Å²) in [6.07, 6.45) is 0.798. The normalized spacial score (nSPS) is 11.5. The SMILES string of the molecule is CC#CCC(NC)c1ccc(C)cc1OC. The zero-order valence-electron chi connectivity index (χ0n) is 10.4. The molecular formula is C14H19NO. The first-order valence-corrected chi connectivity index (χ1v) is 5.44. The van der Waals surface area contributed by atoms with Gasteiger partial charge in [0, 0.05) is 18.0 Å². The zero-order chi connectivity index (χ0) is 12.0. The third kappa shape index (κ3) is 3.01. The Morgan fingerprint density at radius 3 is 2.75 bits per heavy atom. The Morgan fingerprint density at radius 2 is 2.19 bits per heavy atom. The van der Waals surface area contributed by atoms with E-state index in [1.165, 1.54) is 11.1 Å². The predicted octanol–water partition coefficient (Wildman–Crippen LogP) is 2.68. The van der Waals surface area contributed by atoms with E-state index in [0.717, 1.165) is 12.2 Å². The van der Waals surface area contributed by atoms with Gasteiger partial charge in [-0.2, -0.15) is 0 Å². The number of hydrogen-bond acceptors (Lipinski definition) is 2. The molecule has 1 unspecified atom stereocenters. The first-order valence-electron chi connectivity index (χ1n) is 5.44. The number of hydrogen-bond donors (Lipinski definition) is 1. The summed E-state index contributed by atoms with van der Waals surface area (Å²) >= 11 is 0. The second kappa shape index (κ2) is 6.19. The van der Waals surface area contributed by atoms with Crippen LogP contribution in [0.5, 0.6) is 5.75 Å². The first-order chi connectivity index (χ1) is 7.72. The predicted molar refractivity (Wildman–Crippen MR) is 67.6 cm³/mol. The molecule has 1 N–H and O–H groups in total. The Bertz CT molecular complexity index is 401. The van der Waals surface area contributed by atoms with Gasteiger partial charge in [-0.05, 0) is 32.5 Å². The van der Waals surface area contributed by atoms with E-state index >= 15 is 0 Å². The quantitative estimate of drug-likeness (QED) is 0.783. The van der Waals surface area contributed by atoms with Crippen LogP contribution in [0.2, 0.25) is 0 Å². The molecule has 0 aliphatic carbocycles. The van der Waals surface area contributed by atoms with Crippen molar-refractivity contribution in [1.82, 2.24) is 5.32 Å². The van der Waals surface area contributed by atoms with Crippen LogP contribution >= 0.6 is 0 Å². The van der Waals surface area contributed by atoms with Crippen LogP contribution in [0.4, 0.5) is 0 Å². The van der Waals surface area contributed by atoms with Gasteiger partial charge < -0.3 is 10.1 Å². The van der Waals surface area contributed by atoms with Crippen molar-refractivity contribution in [2.45, 2.75) is 26.3 Å². The minimum absolute atomic E-state index is 0.225. The fourth-order valence-corrected chi connectivity index (χ4v) is 1.68. The molecule has 0 spiro atoms. The number of aryl methyl sites for hydroxylation is 1. The molecule has 1 aromatic rings. The molecule has 0 aliphatic rings. The molecule has 0 saturated heterocycles. The third-order valence-corrected chi connectivity index (χ3v) is 2.60.